The molecule has 0 aromatic heterocycles. The lowest BCUT2D eigenvalue weighted by atomic mass is 9.94. The van der Waals surface area contributed by atoms with Crippen LogP contribution in [0.25, 0.3) is 0 Å². The minimum absolute atomic E-state index is 0.215. The van der Waals surface area contributed by atoms with Crippen molar-refractivity contribution in [2.45, 2.75) is 44.6 Å². The van der Waals surface area contributed by atoms with Gasteiger partial charge in [-0.15, -0.1) is 0 Å². The van der Waals surface area contributed by atoms with Crippen LogP contribution < -0.4 is 5.32 Å². The SMILES string of the molecule is O=C(CC1CC2CC2C1)[C@H]1CCCN1. The summed E-state index contributed by atoms with van der Waals surface area (Å²) < 4.78 is 0. The minimum atomic E-state index is 0.215. The fourth-order valence-electron chi connectivity index (χ4n) is 3.39. The molecule has 2 heteroatoms. The average molecular weight is 193 g/mol. The lowest BCUT2D eigenvalue weighted by Crippen LogP contribution is -2.31. The molecule has 3 aliphatic rings. The molecule has 0 amide bonds. The fourth-order valence-corrected chi connectivity index (χ4v) is 3.39. The van der Waals surface area contributed by atoms with Crippen LogP contribution in [0.2, 0.25) is 0 Å². The van der Waals surface area contributed by atoms with Gasteiger partial charge in [0, 0.05) is 6.42 Å². The van der Waals surface area contributed by atoms with Crippen molar-refractivity contribution in [1.82, 2.24) is 5.32 Å². The number of hydrogen-bond acceptors (Lipinski definition) is 2. The molecular formula is C12H19NO. The summed E-state index contributed by atoms with van der Waals surface area (Å²) in [6.07, 6.45) is 7.30. The van der Waals surface area contributed by atoms with E-state index in [9.17, 15) is 4.79 Å². The summed E-state index contributed by atoms with van der Waals surface area (Å²) in [5.41, 5.74) is 0. The monoisotopic (exact) mass is 193 g/mol. The van der Waals surface area contributed by atoms with Crippen LogP contribution in [0.3, 0.4) is 0 Å². The van der Waals surface area contributed by atoms with Gasteiger partial charge in [-0.3, -0.25) is 4.79 Å². The van der Waals surface area contributed by atoms with E-state index in [4.69, 9.17) is 0 Å². The van der Waals surface area contributed by atoms with Crippen LogP contribution in [-0.2, 0) is 4.79 Å². The largest absolute Gasteiger partial charge is 0.307 e. The van der Waals surface area contributed by atoms with Gasteiger partial charge in [0.15, 0.2) is 0 Å². The molecule has 78 valence electrons. The highest BCUT2D eigenvalue weighted by atomic mass is 16.1. The molecule has 1 heterocycles. The van der Waals surface area contributed by atoms with E-state index < -0.39 is 0 Å². The van der Waals surface area contributed by atoms with Crippen molar-refractivity contribution in [1.29, 1.82) is 0 Å². The fraction of sp³-hybridized carbons (Fsp3) is 0.917. The van der Waals surface area contributed by atoms with Crippen LogP contribution in [-0.4, -0.2) is 18.4 Å². The third-order valence-electron chi connectivity index (χ3n) is 4.28. The van der Waals surface area contributed by atoms with Gasteiger partial charge in [0.2, 0.25) is 0 Å². The summed E-state index contributed by atoms with van der Waals surface area (Å²) in [7, 11) is 0. The van der Waals surface area contributed by atoms with Crippen molar-refractivity contribution in [3.05, 3.63) is 0 Å². The summed E-state index contributed by atoms with van der Waals surface area (Å²) in [5, 5.41) is 3.30. The number of ketones is 1. The van der Waals surface area contributed by atoms with Crippen molar-refractivity contribution in [3.8, 4) is 0 Å². The summed E-state index contributed by atoms with van der Waals surface area (Å²) in [6, 6.07) is 0.215. The molecule has 1 saturated heterocycles. The van der Waals surface area contributed by atoms with E-state index in [1.165, 1.54) is 25.7 Å². The number of carbonyl (C=O) groups is 1. The zero-order valence-corrected chi connectivity index (χ0v) is 8.67. The maximum atomic E-state index is 11.9. The van der Waals surface area contributed by atoms with E-state index in [-0.39, 0.29) is 6.04 Å². The predicted octanol–water partition coefficient (Wildman–Crippen LogP) is 1.74. The first kappa shape index (κ1) is 8.90. The second kappa shape index (κ2) is 3.34. The summed E-state index contributed by atoms with van der Waals surface area (Å²) in [5.74, 6) is 3.27. The zero-order valence-electron chi connectivity index (χ0n) is 8.67. The van der Waals surface area contributed by atoms with Crippen LogP contribution in [0.1, 0.15) is 38.5 Å². The van der Waals surface area contributed by atoms with Gasteiger partial charge in [0.25, 0.3) is 0 Å². The Bertz CT molecular complexity index is 235. The average Bonchev–Trinajstić information content (AvgIpc) is 2.69. The maximum Gasteiger partial charge on any atom is 0.150 e. The van der Waals surface area contributed by atoms with E-state index in [0.717, 1.165) is 37.1 Å². The molecule has 0 aromatic rings. The molecule has 3 fully saturated rings. The maximum absolute atomic E-state index is 11.9. The van der Waals surface area contributed by atoms with Gasteiger partial charge in [-0.25, -0.2) is 0 Å². The van der Waals surface area contributed by atoms with Gasteiger partial charge in [0.05, 0.1) is 6.04 Å². The van der Waals surface area contributed by atoms with Crippen molar-refractivity contribution in [2.24, 2.45) is 17.8 Å². The van der Waals surface area contributed by atoms with Crippen LogP contribution in [0.4, 0.5) is 0 Å². The van der Waals surface area contributed by atoms with E-state index in [2.05, 4.69) is 5.32 Å². The number of rotatable bonds is 3. The van der Waals surface area contributed by atoms with Crippen molar-refractivity contribution in [2.75, 3.05) is 6.54 Å². The smallest absolute Gasteiger partial charge is 0.150 e. The highest BCUT2D eigenvalue weighted by molar-refractivity contribution is 5.84. The number of carbonyl (C=O) groups excluding carboxylic acids is 1. The molecule has 0 bridgehead atoms. The van der Waals surface area contributed by atoms with Crippen LogP contribution in [0, 0.1) is 17.8 Å². The lowest BCUT2D eigenvalue weighted by molar-refractivity contribution is -0.121. The van der Waals surface area contributed by atoms with Crippen LogP contribution >= 0.6 is 0 Å². The molecule has 2 unspecified atom stereocenters. The predicted molar refractivity (Wildman–Crippen MR) is 55.0 cm³/mol. The summed E-state index contributed by atoms with van der Waals surface area (Å²) in [4.78, 5) is 11.9. The lowest BCUT2D eigenvalue weighted by Gasteiger charge is -2.14. The Morgan fingerprint density at radius 1 is 1.21 bits per heavy atom. The van der Waals surface area contributed by atoms with E-state index in [1.807, 2.05) is 0 Å². The molecule has 14 heavy (non-hydrogen) atoms. The Kier molecular flexibility index (Phi) is 2.12. The minimum Gasteiger partial charge on any atom is -0.307 e. The summed E-state index contributed by atoms with van der Waals surface area (Å²) in [6.45, 7) is 1.05. The van der Waals surface area contributed by atoms with Gasteiger partial charge in [0.1, 0.15) is 5.78 Å². The van der Waals surface area contributed by atoms with Crippen molar-refractivity contribution < 1.29 is 4.79 Å². The quantitative estimate of drug-likeness (QED) is 0.739. The standard InChI is InChI=1S/C12H19NO/c14-12(11-2-1-3-13-11)6-8-4-9-7-10(9)5-8/h8-11,13H,1-7H2/t8?,9?,10?,11-/m1/s1. The van der Waals surface area contributed by atoms with E-state index >= 15 is 0 Å². The Labute approximate surface area is 85.4 Å². The molecule has 0 radical (unpaired) electrons. The number of Topliss-reactive ketones (excluding diaryl/α,β-unsaturated/α-hetero) is 1. The summed E-state index contributed by atoms with van der Waals surface area (Å²) >= 11 is 0. The van der Waals surface area contributed by atoms with Crippen molar-refractivity contribution in [3.63, 3.8) is 0 Å². The first-order valence-corrected chi connectivity index (χ1v) is 6.09. The molecular weight excluding hydrogens is 174 g/mol. The Hall–Kier alpha value is -0.370. The molecule has 2 saturated carbocycles. The van der Waals surface area contributed by atoms with E-state index in [1.54, 1.807) is 0 Å². The van der Waals surface area contributed by atoms with Crippen LogP contribution in [0.5, 0.6) is 0 Å². The van der Waals surface area contributed by atoms with Gasteiger partial charge < -0.3 is 5.32 Å². The second-order valence-electron chi connectivity index (χ2n) is 5.41. The topological polar surface area (TPSA) is 29.1 Å². The molecule has 0 aromatic carbocycles. The van der Waals surface area contributed by atoms with Crippen LogP contribution in [0.15, 0.2) is 0 Å². The number of nitrogens with one attached hydrogen (secondary N) is 1. The zero-order chi connectivity index (χ0) is 9.54. The molecule has 3 atom stereocenters. The van der Waals surface area contributed by atoms with Gasteiger partial charge >= 0.3 is 0 Å². The van der Waals surface area contributed by atoms with Crippen molar-refractivity contribution >= 4 is 5.78 Å². The molecule has 2 nitrogen and oxygen atoms in total. The third-order valence-corrected chi connectivity index (χ3v) is 4.28. The van der Waals surface area contributed by atoms with Gasteiger partial charge in [-0.1, -0.05) is 0 Å². The number of fused-ring (bicyclic) bond motifs is 1. The Balaban J connectivity index is 1.49. The highest BCUT2D eigenvalue weighted by Gasteiger charge is 2.46. The first-order chi connectivity index (χ1) is 6.83. The molecule has 3 rings (SSSR count). The molecule has 2 aliphatic carbocycles. The van der Waals surface area contributed by atoms with E-state index in [0.29, 0.717) is 5.78 Å². The molecule has 1 N–H and O–H groups in total. The number of hydrogen-bond donors (Lipinski definition) is 1. The third kappa shape index (κ3) is 1.60. The molecule has 1 aliphatic heterocycles. The van der Waals surface area contributed by atoms with Gasteiger partial charge in [-0.05, 0) is 56.4 Å². The highest BCUT2D eigenvalue weighted by Crippen LogP contribution is 2.55. The normalized spacial score (nSPS) is 45.1. The van der Waals surface area contributed by atoms with Gasteiger partial charge in [-0.2, -0.15) is 0 Å². The Morgan fingerprint density at radius 2 is 2.00 bits per heavy atom. The second-order valence-corrected chi connectivity index (χ2v) is 5.41. The first-order valence-electron chi connectivity index (χ1n) is 6.09. The molecule has 0 spiro atoms. The Morgan fingerprint density at radius 3 is 2.64 bits per heavy atom.